The van der Waals surface area contributed by atoms with Crippen LogP contribution in [0.3, 0.4) is 0 Å². The number of carbonyl (C=O) groups excluding carboxylic acids is 1. The van der Waals surface area contributed by atoms with Crippen LogP contribution >= 0.6 is 0 Å². The number of nitrogens with zero attached hydrogens (tertiary/aromatic N) is 4. The van der Waals surface area contributed by atoms with E-state index < -0.39 is 5.97 Å². The van der Waals surface area contributed by atoms with E-state index in [1.54, 1.807) is 6.20 Å². The monoisotopic (exact) mass is 264 g/mol. The summed E-state index contributed by atoms with van der Waals surface area (Å²) in [4.78, 5) is 33.4. The first-order valence-electron chi connectivity index (χ1n) is 6.15. The molecule has 0 saturated carbocycles. The zero-order valence-corrected chi connectivity index (χ0v) is 10.5. The molecule has 1 aliphatic heterocycles. The topological polar surface area (TPSA) is 86.6 Å². The lowest BCUT2D eigenvalue weighted by molar-refractivity contribution is -0.138. The van der Waals surface area contributed by atoms with Gasteiger partial charge in [-0.25, -0.2) is 9.97 Å². The minimum absolute atomic E-state index is 0.0730. The van der Waals surface area contributed by atoms with Crippen molar-refractivity contribution in [2.45, 2.75) is 6.42 Å². The van der Waals surface area contributed by atoms with Gasteiger partial charge in [0.2, 0.25) is 0 Å². The van der Waals surface area contributed by atoms with Gasteiger partial charge in [-0.3, -0.25) is 14.5 Å². The van der Waals surface area contributed by atoms with Crippen molar-refractivity contribution in [3.8, 4) is 0 Å². The third-order valence-corrected chi connectivity index (χ3v) is 3.05. The summed E-state index contributed by atoms with van der Waals surface area (Å²) >= 11 is 0. The minimum Gasteiger partial charge on any atom is -0.480 e. The molecule has 0 aromatic carbocycles. The lowest BCUT2D eigenvalue weighted by atomic mass is 10.4. The zero-order valence-electron chi connectivity index (χ0n) is 10.5. The Morgan fingerprint density at radius 3 is 2.74 bits per heavy atom. The van der Waals surface area contributed by atoms with Gasteiger partial charge in [-0.15, -0.1) is 0 Å². The second-order valence-corrected chi connectivity index (χ2v) is 4.43. The molecule has 19 heavy (non-hydrogen) atoms. The molecule has 2 rings (SSSR count). The fourth-order valence-corrected chi connectivity index (χ4v) is 2.10. The van der Waals surface area contributed by atoms with Crippen molar-refractivity contribution in [1.29, 1.82) is 0 Å². The van der Waals surface area contributed by atoms with E-state index in [1.807, 2.05) is 4.90 Å². The molecule has 1 saturated heterocycles. The highest BCUT2D eigenvalue weighted by Gasteiger charge is 2.17. The Hall–Kier alpha value is -2.02. The first kappa shape index (κ1) is 13.4. The predicted molar refractivity (Wildman–Crippen MR) is 68.3 cm³/mol. The second-order valence-electron chi connectivity index (χ2n) is 4.43. The van der Waals surface area contributed by atoms with Crippen LogP contribution < -0.4 is 4.90 Å². The van der Waals surface area contributed by atoms with Crippen molar-refractivity contribution in [3.63, 3.8) is 0 Å². The molecule has 0 unspecified atom stereocenters. The SMILES string of the molecule is O=Cc1cnc(N2CCCN(CC(=O)O)CC2)cn1. The van der Waals surface area contributed by atoms with E-state index in [4.69, 9.17) is 5.11 Å². The van der Waals surface area contributed by atoms with Crippen LogP contribution in [-0.4, -0.2) is 65.0 Å². The van der Waals surface area contributed by atoms with Crippen LogP contribution in [0.1, 0.15) is 16.9 Å². The quantitative estimate of drug-likeness (QED) is 0.759. The van der Waals surface area contributed by atoms with Crippen molar-refractivity contribution in [3.05, 3.63) is 18.1 Å². The van der Waals surface area contributed by atoms with Gasteiger partial charge in [0.05, 0.1) is 18.9 Å². The minimum atomic E-state index is -0.802. The molecule has 2 heterocycles. The van der Waals surface area contributed by atoms with E-state index >= 15 is 0 Å². The summed E-state index contributed by atoms with van der Waals surface area (Å²) in [6.45, 7) is 3.04. The molecular weight excluding hydrogens is 248 g/mol. The molecule has 0 amide bonds. The van der Waals surface area contributed by atoms with E-state index in [0.29, 0.717) is 25.1 Å². The Bertz CT molecular complexity index is 449. The molecule has 0 radical (unpaired) electrons. The van der Waals surface area contributed by atoms with Gasteiger partial charge in [0, 0.05) is 26.2 Å². The zero-order chi connectivity index (χ0) is 13.7. The molecule has 0 aliphatic carbocycles. The molecule has 0 spiro atoms. The normalized spacial score (nSPS) is 16.9. The molecule has 0 bridgehead atoms. The number of carboxylic acid groups (broad SMARTS) is 1. The Morgan fingerprint density at radius 2 is 2.11 bits per heavy atom. The number of hydrogen-bond acceptors (Lipinski definition) is 6. The molecule has 7 heteroatoms. The Labute approximate surface area is 110 Å². The maximum atomic E-state index is 10.7. The highest BCUT2D eigenvalue weighted by molar-refractivity contribution is 5.71. The number of rotatable bonds is 4. The van der Waals surface area contributed by atoms with Crippen LogP contribution in [-0.2, 0) is 4.79 Å². The molecule has 1 fully saturated rings. The van der Waals surface area contributed by atoms with Gasteiger partial charge in [-0.1, -0.05) is 0 Å². The smallest absolute Gasteiger partial charge is 0.317 e. The van der Waals surface area contributed by atoms with Crippen molar-refractivity contribution in [2.75, 3.05) is 37.6 Å². The van der Waals surface area contributed by atoms with Crippen molar-refractivity contribution in [1.82, 2.24) is 14.9 Å². The molecule has 0 atom stereocenters. The van der Waals surface area contributed by atoms with Crippen molar-refractivity contribution < 1.29 is 14.7 Å². The predicted octanol–water partition coefficient (Wildman–Crippen LogP) is -0.114. The standard InChI is InChI=1S/C12H16N4O3/c17-9-10-6-14-11(7-13-10)16-3-1-2-15(4-5-16)8-12(18)19/h6-7,9H,1-5,8H2,(H,18,19). The molecule has 102 valence electrons. The first-order valence-corrected chi connectivity index (χ1v) is 6.15. The number of aromatic nitrogens is 2. The van der Waals surface area contributed by atoms with Crippen LogP contribution in [0.2, 0.25) is 0 Å². The Kier molecular flexibility index (Phi) is 4.40. The molecule has 1 aromatic heterocycles. The van der Waals surface area contributed by atoms with Gasteiger partial charge in [-0.2, -0.15) is 0 Å². The van der Waals surface area contributed by atoms with Gasteiger partial charge >= 0.3 is 5.97 Å². The third-order valence-electron chi connectivity index (χ3n) is 3.05. The van der Waals surface area contributed by atoms with E-state index in [2.05, 4.69) is 14.9 Å². The summed E-state index contributed by atoms with van der Waals surface area (Å²) in [5.74, 6) is -0.0775. The van der Waals surface area contributed by atoms with Gasteiger partial charge in [-0.05, 0) is 6.42 Å². The number of carboxylic acids is 1. The van der Waals surface area contributed by atoms with Crippen LogP contribution in [0.25, 0.3) is 0 Å². The maximum Gasteiger partial charge on any atom is 0.317 e. The number of aldehydes is 1. The molecule has 1 N–H and O–H groups in total. The summed E-state index contributed by atoms with van der Waals surface area (Å²) < 4.78 is 0. The first-order chi connectivity index (χ1) is 9.19. The number of carbonyl (C=O) groups is 2. The van der Waals surface area contributed by atoms with Gasteiger partial charge in [0.1, 0.15) is 11.5 Å². The Balaban J connectivity index is 1.97. The highest BCUT2D eigenvalue weighted by atomic mass is 16.4. The molecule has 1 aromatic rings. The van der Waals surface area contributed by atoms with E-state index in [1.165, 1.54) is 6.20 Å². The summed E-state index contributed by atoms with van der Waals surface area (Å²) in [6.07, 6.45) is 4.57. The maximum absolute atomic E-state index is 10.7. The average Bonchev–Trinajstić information content (AvgIpc) is 2.64. The number of aliphatic carboxylic acids is 1. The fourth-order valence-electron chi connectivity index (χ4n) is 2.10. The van der Waals surface area contributed by atoms with Crippen molar-refractivity contribution in [2.24, 2.45) is 0 Å². The van der Waals surface area contributed by atoms with Gasteiger partial charge in [0.25, 0.3) is 0 Å². The van der Waals surface area contributed by atoms with E-state index in [0.717, 1.165) is 25.3 Å². The van der Waals surface area contributed by atoms with Crippen LogP contribution in [0.5, 0.6) is 0 Å². The van der Waals surface area contributed by atoms with Crippen LogP contribution in [0.4, 0.5) is 5.82 Å². The molecular formula is C12H16N4O3. The van der Waals surface area contributed by atoms with E-state index in [9.17, 15) is 9.59 Å². The van der Waals surface area contributed by atoms with Gasteiger partial charge < -0.3 is 10.0 Å². The summed E-state index contributed by atoms with van der Waals surface area (Å²) in [6, 6.07) is 0. The fraction of sp³-hybridized carbons (Fsp3) is 0.500. The number of hydrogen-bond donors (Lipinski definition) is 1. The molecule has 1 aliphatic rings. The summed E-state index contributed by atoms with van der Waals surface area (Å²) in [5, 5.41) is 8.79. The largest absolute Gasteiger partial charge is 0.480 e. The lowest BCUT2D eigenvalue weighted by Crippen LogP contribution is -2.34. The second kappa shape index (κ2) is 6.24. The van der Waals surface area contributed by atoms with Crippen LogP contribution in [0, 0.1) is 0 Å². The van der Waals surface area contributed by atoms with Gasteiger partial charge in [0.15, 0.2) is 6.29 Å². The molecule has 7 nitrogen and oxygen atoms in total. The Morgan fingerprint density at radius 1 is 1.26 bits per heavy atom. The lowest BCUT2D eigenvalue weighted by Gasteiger charge is -2.21. The highest BCUT2D eigenvalue weighted by Crippen LogP contribution is 2.12. The van der Waals surface area contributed by atoms with Crippen LogP contribution in [0.15, 0.2) is 12.4 Å². The van der Waals surface area contributed by atoms with Crippen molar-refractivity contribution >= 4 is 18.1 Å². The average molecular weight is 264 g/mol. The third kappa shape index (κ3) is 3.72. The summed E-state index contributed by atoms with van der Waals surface area (Å²) in [7, 11) is 0. The van der Waals surface area contributed by atoms with E-state index in [-0.39, 0.29) is 6.54 Å². The number of anilines is 1. The summed E-state index contributed by atoms with van der Waals surface area (Å²) in [5.41, 5.74) is 0.311.